The summed E-state index contributed by atoms with van der Waals surface area (Å²) < 4.78 is 6.27. The third kappa shape index (κ3) is 4.10. The number of hydrogen-bond donors (Lipinski definition) is 0. The average molecular weight is 391 g/mol. The number of rotatable bonds is 5. The van der Waals surface area contributed by atoms with Gasteiger partial charge in [-0.15, -0.1) is 11.6 Å². The Morgan fingerprint density at radius 1 is 0.607 bits per heavy atom. The molecule has 0 aromatic heterocycles. The molecule has 1 aliphatic carbocycles. The van der Waals surface area contributed by atoms with Gasteiger partial charge in [0, 0.05) is 0 Å². The summed E-state index contributed by atoms with van der Waals surface area (Å²) in [7, 11) is 0. The minimum absolute atomic E-state index is 0.345. The van der Waals surface area contributed by atoms with Crippen LogP contribution < -0.4 is 4.74 Å². The monoisotopic (exact) mass is 390 g/mol. The van der Waals surface area contributed by atoms with Crippen molar-refractivity contribution in [1.29, 1.82) is 0 Å². The van der Waals surface area contributed by atoms with Gasteiger partial charge < -0.3 is 4.74 Å². The number of hydrogen-bond acceptors (Lipinski definition) is 1. The first-order chi connectivity index (χ1) is 13.8. The van der Waals surface area contributed by atoms with Crippen molar-refractivity contribution in [3.63, 3.8) is 0 Å². The molecule has 0 bridgehead atoms. The quantitative estimate of drug-likeness (QED) is 0.252. The number of alkyl halides is 1. The van der Waals surface area contributed by atoms with E-state index < -0.39 is 4.87 Å². The predicted octanol–water partition coefficient (Wildman–Crippen LogP) is 7.32. The first-order valence-electron chi connectivity index (χ1n) is 10.3. The first kappa shape index (κ1) is 19.1. The van der Waals surface area contributed by atoms with E-state index in [2.05, 4.69) is 48.5 Å². The molecule has 0 saturated heterocycles. The van der Waals surface area contributed by atoms with Gasteiger partial charge in [-0.25, -0.2) is 0 Å². The molecule has 1 aliphatic rings. The van der Waals surface area contributed by atoms with Gasteiger partial charge >= 0.3 is 0 Å². The van der Waals surface area contributed by atoms with Crippen LogP contribution in [0.1, 0.15) is 55.2 Å². The SMILES string of the molecule is ClC(c1ccccc1)(c1ccccc1)c1ccc(OC2CCCCCC2)cc1. The molecule has 0 amide bonds. The van der Waals surface area contributed by atoms with Crippen LogP contribution in [0.25, 0.3) is 0 Å². The van der Waals surface area contributed by atoms with E-state index in [1.54, 1.807) is 0 Å². The molecule has 28 heavy (non-hydrogen) atoms. The Morgan fingerprint density at radius 3 is 1.57 bits per heavy atom. The molecular formula is C26H27ClO. The second-order valence-electron chi connectivity index (χ2n) is 7.65. The lowest BCUT2D eigenvalue weighted by Crippen LogP contribution is -2.22. The summed E-state index contributed by atoms with van der Waals surface area (Å²) in [5, 5.41) is 0. The smallest absolute Gasteiger partial charge is 0.119 e. The Bertz CT molecular complexity index is 810. The standard InChI is InChI=1S/C26H27ClO/c27-26(21-11-5-3-6-12-21,22-13-7-4-8-14-22)23-17-19-25(20-18-23)28-24-15-9-1-2-10-16-24/h3-8,11-14,17-20,24H,1-2,9-10,15-16H2. The molecule has 0 radical (unpaired) electrons. The van der Waals surface area contributed by atoms with Crippen LogP contribution in [0, 0.1) is 0 Å². The highest BCUT2D eigenvalue weighted by Gasteiger charge is 2.33. The molecule has 0 unspecified atom stereocenters. The van der Waals surface area contributed by atoms with Gasteiger partial charge in [0.15, 0.2) is 0 Å². The van der Waals surface area contributed by atoms with Gasteiger partial charge in [0.25, 0.3) is 0 Å². The van der Waals surface area contributed by atoms with Crippen LogP contribution in [0.5, 0.6) is 5.75 Å². The maximum atomic E-state index is 7.34. The summed E-state index contributed by atoms with van der Waals surface area (Å²) >= 11 is 7.34. The third-order valence-electron chi connectivity index (χ3n) is 5.70. The van der Waals surface area contributed by atoms with Gasteiger partial charge in [0.2, 0.25) is 0 Å². The maximum absolute atomic E-state index is 7.34. The summed E-state index contributed by atoms with van der Waals surface area (Å²) in [6.45, 7) is 0. The van der Waals surface area contributed by atoms with E-state index >= 15 is 0 Å². The lowest BCUT2D eigenvalue weighted by atomic mass is 9.84. The molecule has 0 atom stereocenters. The molecule has 0 heterocycles. The number of benzene rings is 3. The molecule has 0 spiro atoms. The van der Waals surface area contributed by atoms with Gasteiger partial charge in [0.1, 0.15) is 10.6 Å². The van der Waals surface area contributed by atoms with Crippen LogP contribution in [0.2, 0.25) is 0 Å². The van der Waals surface area contributed by atoms with Gasteiger partial charge in [-0.3, -0.25) is 0 Å². The van der Waals surface area contributed by atoms with Crippen molar-refractivity contribution in [3.8, 4) is 5.75 Å². The highest BCUT2D eigenvalue weighted by atomic mass is 35.5. The second kappa shape index (κ2) is 8.84. The highest BCUT2D eigenvalue weighted by Crippen LogP contribution is 2.43. The zero-order chi connectivity index (χ0) is 19.2. The van der Waals surface area contributed by atoms with Crippen molar-refractivity contribution in [2.75, 3.05) is 0 Å². The minimum Gasteiger partial charge on any atom is -0.490 e. The van der Waals surface area contributed by atoms with Crippen LogP contribution in [0.15, 0.2) is 84.9 Å². The van der Waals surface area contributed by atoms with E-state index in [4.69, 9.17) is 16.3 Å². The van der Waals surface area contributed by atoms with E-state index in [0.29, 0.717) is 6.10 Å². The lowest BCUT2D eigenvalue weighted by Gasteiger charge is -2.29. The molecule has 3 aromatic rings. The average Bonchev–Trinajstić information content (AvgIpc) is 3.04. The van der Waals surface area contributed by atoms with Crippen LogP contribution in [-0.4, -0.2) is 6.10 Å². The highest BCUT2D eigenvalue weighted by molar-refractivity contribution is 6.28. The fourth-order valence-corrected chi connectivity index (χ4v) is 4.53. The van der Waals surface area contributed by atoms with Crippen LogP contribution in [0.4, 0.5) is 0 Å². The van der Waals surface area contributed by atoms with E-state index in [1.807, 2.05) is 36.4 Å². The molecule has 1 saturated carbocycles. The predicted molar refractivity (Wildman–Crippen MR) is 117 cm³/mol. The fourth-order valence-electron chi connectivity index (χ4n) is 4.15. The van der Waals surface area contributed by atoms with Gasteiger partial charge in [0.05, 0.1) is 6.10 Å². The largest absolute Gasteiger partial charge is 0.490 e. The van der Waals surface area contributed by atoms with Crippen LogP contribution >= 0.6 is 11.6 Å². The Balaban J connectivity index is 1.64. The Morgan fingerprint density at radius 2 is 1.07 bits per heavy atom. The van der Waals surface area contributed by atoms with Gasteiger partial charge in [-0.1, -0.05) is 85.6 Å². The normalized spacial score (nSPS) is 15.8. The summed E-state index contributed by atoms with van der Waals surface area (Å²) in [6.07, 6.45) is 7.89. The molecule has 2 heteroatoms. The summed E-state index contributed by atoms with van der Waals surface area (Å²) in [5.74, 6) is 0.941. The fraction of sp³-hybridized carbons (Fsp3) is 0.308. The van der Waals surface area contributed by atoms with E-state index in [9.17, 15) is 0 Å². The van der Waals surface area contributed by atoms with Gasteiger partial charge in [-0.2, -0.15) is 0 Å². The summed E-state index contributed by atoms with van der Waals surface area (Å²) in [6, 6.07) is 28.9. The molecule has 0 aliphatic heterocycles. The van der Waals surface area contributed by atoms with E-state index in [1.165, 1.54) is 25.7 Å². The van der Waals surface area contributed by atoms with Crippen molar-refractivity contribution >= 4 is 11.6 Å². The Labute approximate surface area is 173 Å². The van der Waals surface area contributed by atoms with Crippen molar-refractivity contribution in [2.45, 2.75) is 49.5 Å². The summed E-state index contributed by atoms with van der Waals surface area (Å²) in [4.78, 5) is -0.719. The molecular weight excluding hydrogens is 364 g/mol. The van der Waals surface area contributed by atoms with E-state index in [0.717, 1.165) is 35.3 Å². The Hall–Kier alpha value is -2.25. The van der Waals surface area contributed by atoms with E-state index in [-0.39, 0.29) is 0 Å². The maximum Gasteiger partial charge on any atom is 0.119 e. The topological polar surface area (TPSA) is 9.23 Å². The van der Waals surface area contributed by atoms with Crippen molar-refractivity contribution in [3.05, 3.63) is 102 Å². The van der Waals surface area contributed by atoms with Crippen molar-refractivity contribution < 1.29 is 4.74 Å². The summed E-state index contributed by atoms with van der Waals surface area (Å²) in [5.41, 5.74) is 3.19. The molecule has 3 aromatic carbocycles. The van der Waals surface area contributed by atoms with Crippen LogP contribution in [0.3, 0.4) is 0 Å². The number of ether oxygens (including phenoxy) is 1. The number of halogens is 1. The van der Waals surface area contributed by atoms with Gasteiger partial charge in [-0.05, 0) is 54.5 Å². The van der Waals surface area contributed by atoms with Crippen molar-refractivity contribution in [1.82, 2.24) is 0 Å². The van der Waals surface area contributed by atoms with Crippen molar-refractivity contribution in [2.24, 2.45) is 0 Å². The third-order valence-corrected chi connectivity index (χ3v) is 6.35. The first-order valence-corrected chi connectivity index (χ1v) is 10.7. The molecule has 1 fully saturated rings. The zero-order valence-electron chi connectivity index (χ0n) is 16.2. The molecule has 144 valence electrons. The minimum atomic E-state index is -0.719. The molecule has 4 rings (SSSR count). The Kier molecular flexibility index (Phi) is 6.02. The molecule has 0 N–H and O–H groups in total. The molecule has 1 nitrogen and oxygen atoms in total. The van der Waals surface area contributed by atoms with Crippen LogP contribution in [-0.2, 0) is 4.87 Å². The lowest BCUT2D eigenvalue weighted by molar-refractivity contribution is 0.183. The zero-order valence-corrected chi connectivity index (χ0v) is 16.9. The second-order valence-corrected chi connectivity index (χ2v) is 8.21.